The Hall–Kier alpha value is -1.85. The molecule has 0 spiro atoms. The van der Waals surface area contributed by atoms with Crippen LogP contribution < -0.4 is 15.4 Å². The monoisotopic (exact) mass is 250 g/mol. The highest BCUT2D eigenvalue weighted by molar-refractivity contribution is 5.80. The van der Waals surface area contributed by atoms with Crippen molar-refractivity contribution in [1.29, 1.82) is 0 Å². The number of hydrogen-bond donors (Lipinski definition) is 2. The number of ether oxygens (including phenoxy) is 1. The van der Waals surface area contributed by atoms with Gasteiger partial charge in [0.1, 0.15) is 0 Å². The quantitative estimate of drug-likeness (QED) is 0.753. The molecule has 2 rings (SSSR count). The van der Waals surface area contributed by atoms with E-state index in [9.17, 15) is 4.79 Å². The summed E-state index contributed by atoms with van der Waals surface area (Å²) in [7, 11) is 0. The molecule has 0 saturated heterocycles. The molecule has 0 bridgehead atoms. The van der Waals surface area contributed by atoms with Crippen LogP contribution in [0.15, 0.2) is 12.3 Å². The molecule has 1 saturated carbocycles. The van der Waals surface area contributed by atoms with Crippen LogP contribution in [0.3, 0.4) is 0 Å². The van der Waals surface area contributed by atoms with Crippen LogP contribution in [-0.4, -0.2) is 35.1 Å². The summed E-state index contributed by atoms with van der Waals surface area (Å²) in [5.41, 5.74) is 0. The Morgan fingerprint density at radius 1 is 1.56 bits per heavy atom. The summed E-state index contributed by atoms with van der Waals surface area (Å²) in [5, 5.41) is 5.76. The van der Waals surface area contributed by atoms with E-state index in [-0.39, 0.29) is 12.5 Å². The summed E-state index contributed by atoms with van der Waals surface area (Å²) in [6, 6.07) is 2.07. The lowest BCUT2D eigenvalue weighted by atomic mass is 10.5. The third-order valence-corrected chi connectivity index (χ3v) is 2.43. The van der Waals surface area contributed by atoms with Gasteiger partial charge in [-0.3, -0.25) is 4.79 Å². The summed E-state index contributed by atoms with van der Waals surface area (Å²) in [4.78, 5) is 19.6. The second kappa shape index (κ2) is 6.18. The maximum absolute atomic E-state index is 11.5. The summed E-state index contributed by atoms with van der Waals surface area (Å²) in [6.45, 7) is 2.84. The molecule has 1 aromatic heterocycles. The Balaban J connectivity index is 1.78. The van der Waals surface area contributed by atoms with Gasteiger partial charge >= 0.3 is 0 Å². The zero-order valence-electron chi connectivity index (χ0n) is 10.5. The van der Waals surface area contributed by atoms with E-state index in [0.717, 1.165) is 19.3 Å². The van der Waals surface area contributed by atoms with Gasteiger partial charge in [-0.15, -0.1) is 0 Å². The number of aromatic nitrogens is 2. The molecule has 1 heterocycles. The summed E-state index contributed by atoms with van der Waals surface area (Å²) in [6.07, 6.45) is 4.71. The second-order valence-corrected chi connectivity index (χ2v) is 4.26. The van der Waals surface area contributed by atoms with Crippen molar-refractivity contribution in [1.82, 2.24) is 15.3 Å². The van der Waals surface area contributed by atoms with E-state index in [4.69, 9.17) is 4.74 Å². The van der Waals surface area contributed by atoms with E-state index in [1.54, 1.807) is 12.3 Å². The first-order chi connectivity index (χ1) is 8.78. The van der Waals surface area contributed by atoms with Crippen molar-refractivity contribution >= 4 is 11.9 Å². The molecule has 0 aromatic carbocycles. The van der Waals surface area contributed by atoms with Crippen LogP contribution in [0.25, 0.3) is 0 Å². The number of carbonyl (C=O) groups excluding carboxylic acids is 1. The smallest absolute Gasteiger partial charge is 0.239 e. The molecule has 1 aliphatic rings. The molecule has 1 fully saturated rings. The molecule has 6 heteroatoms. The molecular formula is C12H18N4O2. The van der Waals surface area contributed by atoms with Crippen molar-refractivity contribution in [2.45, 2.75) is 32.2 Å². The number of carbonyl (C=O) groups is 1. The Morgan fingerprint density at radius 3 is 3.11 bits per heavy atom. The maximum atomic E-state index is 11.5. The Bertz CT molecular complexity index is 407. The van der Waals surface area contributed by atoms with Crippen LogP contribution in [0.2, 0.25) is 0 Å². The summed E-state index contributed by atoms with van der Waals surface area (Å²) >= 11 is 0. The third kappa shape index (κ3) is 4.20. The Labute approximate surface area is 106 Å². The Morgan fingerprint density at radius 2 is 2.39 bits per heavy atom. The van der Waals surface area contributed by atoms with Gasteiger partial charge in [0, 0.05) is 18.3 Å². The van der Waals surface area contributed by atoms with E-state index < -0.39 is 0 Å². The average molecular weight is 250 g/mol. The first-order valence-electron chi connectivity index (χ1n) is 6.27. The molecule has 98 valence electrons. The van der Waals surface area contributed by atoms with Crippen molar-refractivity contribution in [2.75, 3.05) is 18.5 Å². The lowest BCUT2D eigenvalue weighted by Gasteiger charge is -2.07. The van der Waals surface area contributed by atoms with E-state index in [2.05, 4.69) is 20.6 Å². The van der Waals surface area contributed by atoms with E-state index in [1.165, 1.54) is 0 Å². The molecule has 0 unspecified atom stereocenters. The first-order valence-corrected chi connectivity index (χ1v) is 6.27. The highest BCUT2D eigenvalue weighted by Gasteiger charge is 2.22. The number of nitrogens with zero attached hydrogens (tertiary/aromatic N) is 2. The highest BCUT2D eigenvalue weighted by Crippen LogP contribution is 2.18. The van der Waals surface area contributed by atoms with Crippen molar-refractivity contribution in [3.63, 3.8) is 0 Å². The average Bonchev–Trinajstić information content (AvgIpc) is 3.18. The maximum Gasteiger partial charge on any atom is 0.239 e. The van der Waals surface area contributed by atoms with Gasteiger partial charge in [-0.25, -0.2) is 4.98 Å². The molecule has 18 heavy (non-hydrogen) atoms. The van der Waals surface area contributed by atoms with Gasteiger partial charge in [0.05, 0.1) is 13.2 Å². The lowest BCUT2D eigenvalue weighted by Crippen LogP contribution is -2.31. The van der Waals surface area contributed by atoms with Crippen LogP contribution in [0, 0.1) is 0 Å². The van der Waals surface area contributed by atoms with Crippen molar-refractivity contribution < 1.29 is 9.53 Å². The number of hydrogen-bond acceptors (Lipinski definition) is 5. The fraction of sp³-hybridized carbons (Fsp3) is 0.583. The Kier molecular flexibility index (Phi) is 4.33. The topological polar surface area (TPSA) is 76.1 Å². The van der Waals surface area contributed by atoms with Gasteiger partial charge in [-0.2, -0.15) is 4.98 Å². The van der Waals surface area contributed by atoms with Crippen LogP contribution in [0.4, 0.5) is 5.95 Å². The van der Waals surface area contributed by atoms with E-state index >= 15 is 0 Å². The second-order valence-electron chi connectivity index (χ2n) is 4.26. The van der Waals surface area contributed by atoms with Gasteiger partial charge in [-0.1, -0.05) is 6.92 Å². The number of nitrogens with one attached hydrogen (secondary N) is 2. The standard InChI is InChI=1S/C12H18N4O2/c1-2-7-18-11-5-6-13-12(16-11)14-8-10(17)15-9-3-4-9/h5-6,9H,2-4,7-8H2,1H3,(H,15,17)(H,13,14,16). The van der Waals surface area contributed by atoms with E-state index in [1.807, 2.05) is 6.92 Å². The number of amides is 1. The molecule has 1 amide bonds. The van der Waals surface area contributed by atoms with Crippen molar-refractivity contribution in [2.24, 2.45) is 0 Å². The molecule has 6 nitrogen and oxygen atoms in total. The molecule has 0 radical (unpaired) electrons. The van der Waals surface area contributed by atoms with Crippen LogP contribution in [0.5, 0.6) is 5.88 Å². The molecule has 1 aromatic rings. The predicted molar refractivity (Wildman–Crippen MR) is 67.5 cm³/mol. The zero-order valence-corrected chi connectivity index (χ0v) is 10.5. The third-order valence-electron chi connectivity index (χ3n) is 2.43. The molecule has 0 aliphatic heterocycles. The normalized spacial score (nSPS) is 14.1. The van der Waals surface area contributed by atoms with Gasteiger partial charge < -0.3 is 15.4 Å². The zero-order chi connectivity index (χ0) is 12.8. The SMILES string of the molecule is CCCOc1ccnc(NCC(=O)NC2CC2)n1. The van der Waals surface area contributed by atoms with Crippen LogP contribution >= 0.6 is 0 Å². The van der Waals surface area contributed by atoms with Gasteiger partial charge in [0.2, 0.25) is 17.7 Å². The molecule has 2 N–H and O–H groups in total. The van der Waals surface area contributed by atoms with Crippen molar-refractivity contribution in [3.05, 3.63) is 12.3 Å². The largest absolute Gasteiger partial charge is 0.478 e. The van der Waals surface area contributed by atoms with Crippen molar-refractivity contribution in [3.8, 4) is 5.88 Å². The minimum absolute atomic E-state index is 0.0269. The first kappa shape index (κ1) is 12.6. The fourth-order valence-electron chi connectivity index (χ4n) is 1.38. The van der Waals surface area contributed by atoms with Gasteiger partial charge in [0.25, 0.3) is 0 Å². The predicted octanol–water partition coefficient (Wildman–Crippen LogP) is 0.956. The highest BCUT2D eigenvalue weighted by atomic mass is 16.5. The van der Waals surface area contributed by atoms with Gasteiger partial charge in [-0.05, 0) is 19.3 Å². The summed E-state index contributed by atoms with van der Waals surface area (Å²) < 4.78 is 5.39. The van der Waals surface area contributed by atoms with Crippen LogP contribution in [0.1, 0.15) is 26.2 Å². The minimum atomic E-state index is -0.0269. The van der Waals surface area contributed by atoms with E-state index in [0.29, 0.717) is 24.5 Å². The van der Waals surface area contributed by atoms with Crippen LogP contribution in [-0.2, 0) is 4.79 Å². The van der Waals surface area contributed by atoms with Gasteiger partial charge in [0.15, 0.2) is 0 Å². The molecule has 1 aliphatic carbocycles. The molecule has 0 atom stereocenters. The number of rotatable bonds is 7. The lowest BCUT2D eigenvalue weighted by molar-refractivity contribution is -0.119. The number of anilines is 1. The summed E-state index contributed by atoms with van der Waals surface area (Å²) in [5.74, 6) is 0.910. The minimum Gasteiger partial charge on any atom is -0.478 e. The molecular weight excluding hydrogens is 232 g/mol. The fourth-order valence-corrected chi connectivity index (χ4v) is 1.38.